The molecule has 8 heteroatoms. The Morgan fingerprint density at radius 2 is 2.08 bits per heavy atom. The molecule has 7 nitrogen and oxygen atoms in total. The Labute approximate surface area is 154 Å². The van der Waals surface area contributed by atoms with Crippen molar-refractivity contribution in [1.29, 1.82) is 0 Å². The molecule has 26 heavy (non-hydrogen) atoms. The average molecular weight is 371 g/mol. The number of carbonyl (C=O) groups excluding carboxylic acids is 1. The van der Waals surface area contributed by atoms with Gasteiger partial charge in [0.25, 0.3) is 5.91 Å². The standard InChI is InChI=1S/C18H15ClN4O3/c19-14-9-13(10-15-17(14)26-11-25-15)18(24)21-16-4-8-23(22-16)7-3-12-1-5-20-6-2-12/h1-2,4-6,8-10H,3,7,11H2,(H,21,22,24). The van der Waals surface area contributed by atoms with Crippen LogP contribution in [0.5, 0.6) is 11.5 Å². The molecule has 1 aliphatic rings. The number of anilines is 1. The van der Waals surface area contributed by atoms with E-state index in [1.54, 1.807) is 35.3 Å². The number of pyridine rings is 1. The Morgan fingerprint density at radius 3 is 2.92 bits per heavy atom. The van der Waals surface area contributed by atoms with Crippen LogP contribution in [-0.2, 0) is 13.0 Å². The third-order valence-corrected chi connectivity index (χ3v) is 4.23. The van der Waals surface area contributed by atoms with Gasteiger partial charge in [-0.2, -0.15) is 5.10 Å². The molecule has 4 rings (SSSR count). The first-order valence-corrected chi connectivity index (χ1v) is 8.40. The van der Waals surface area contributed by atoms with Crippen LogP contribution in [0.25, 0.3) is 0 Å². The molecule has 0 bridgehead atoms. The molecule has 1 aromatic carbocycles. The number of nitrogens with zero attached hydrogens (tertiary/aromatic N) is 3. The van der Waals surface area contributed by atoms with Gasteiger partial charge in [0, 0.05) is 36.8 Å². The number of carbonyl (C=O) groups is 1. The van der Waals surface area contributed by atoms with Crippen molar-refractivity contribution in [2.24, 2.45) is 0 Å². The fourth-order valence-corrected chi connectivity index (χ4v) is 2.90. The van der Waals surface area contributed by atoms with Crippen LogP contribution < -0.4 is 14.8 Å². The van der Waals surface area contributed by atoms with Crippen molar-refractivity contribution in [2.45, 2.75) is 13.0 Å². The molecule has 0 unspecified atom stereocenters. The largest absolute Gasteiger partial charge is 0.454 e. The van der Waals surface area contributed by atoms with Crippen LogP contribution in [0.3, 0.4) is 0 Å². The summed E-state index contributed by atoms with van der Waals surface area (Å²) in [7, 11) is 0. The van der Waals surface area contributed by atoms with Gasteiger partial charge in [-0.3, -0.25) is 14.5 Å². The lowest BCUT2D eigenvalue weighted by molar-refractivity contribution is 0.102. The number of halogens is 1. The molecule has 3 aromatic rings. The van der Waals surface area contributed by atoms with Gasteiger partial charge in [0.2, 0.25) is 6.79 Å². The van der Waals surface area contributed by atoms with E-state index in [-0.39, 0.29) is 12.7 Å². The van der Waals surface area contributed by atoms with E-state index in [9.17, 15) is 4.79 Å². The van der Waals surface area contributed by atoms with Gasteiger partial charge < -0.3 is 14.8 Å². The van der Waals surface area contributed by atoms with Gasteiger partial charge in [0.05, 0.1) is 5.02 Å². The zero-order chi connectivity index (χ0) is 17.9. The fourth-order valence-electron chi connectivity index (χ4n) is 2.63. The van der Waals surface area contributed by atoms with Gasteiger partial charge in [0.1, 0.15) is 0 Å². The summed E-state index contributed by atoms with van der Waals surface area (Å²) >= 11 is 6.12. The molecule has 132 valence electrons. The highest BCUT2D eigenvalue weighted by Gasteiger charge is 2.21. The van der Waals surface area contributed by atoms with Crippen LogP contribution >= 0.6 is 11.6 Å². The number of benzene rings is 1. The highest BCUT2D eigenvalue weighted by molar-refractivity contribution is 6.32. The summed E-state index contributed by atoms with van der Waals surface area (Å²) in [5.74, 6) is 1.08. The number of fused-ring (bicyclic) bond motifs is 1. The zero-order valence-corrected chi connectivity index (χ0v) is 14.4. The molecule has 3 heterocycles. The topological polar surface area (TPSA) is 78.3 Å². The number of hydrogen-bond donors (Lipinski definition) is 1. The van der Waals surface area contributed by atoms with Gasteiger partial charge in [-0.05, 0) is 36.2 Å². The third-order valence-electron chi connectivity index (χ3n) is 3.95. The number of ether oxygens (including phenoxy) is 2. The molecule has 0 saturated carbocycles. The van der Waals surface area contributed by atoms with Crippen molar-refractivity contribution < 1.29 is 14.3 Å². The molecule has 1 N–H and O–H groups in total. The van der Waals surface area contributed by atoms with E-state index in [0.29, 0.717) is 34.4 Å². The first-order chi connectivity index (χ1) is 12.7. The Kier molecular flexibility index (Phi) is 4.45. The monoisotopic (exact) mass is 370 g/mol. The second-order valence-corrected chi connectivity index (χ2v) is 6.12. The molecule has 0 aliphatic carbocycles. The summed E-state index contributed by atoms with van der Waals surface area (Å²) < 4.78 is 12.3. The molecular weight excluding hydrogens is 356 g/mol. The second-order valence-electron chi connectivity index (χ2n) is 5.72. The van der Waals surface area contributed by atoms with Gasteiger partial charge >= 0.3 is 0 Å². The summed E-state index contributed by atoms with van der Waals surface area (Å²) in [5, 5.41) is 7.47. The summed E-state index contributed by atoms with van der Waals surface area (Å²) in [4.78, 5) is 16.4. The van der Waals surface area contributed by atoms with E-state index in [1.807, 2.05) is 18.3 Å². The Bertz CT molecular complexity index is 943. The minimum absolute atomic E-state index is 0.0992. The van der Waals surface area contributed by atoms with Crippen molar-refractivity contribution in [3.8, 4) is 11.5 Å². The molecule has 1 aliphatic heterocycles. The Morgan fingerprint density at radius 1 is 1.23 bits per heavy atom. The molecule has 1 amide bonds. The van der Waals surface area contributed by atoms with Crippen molar-refractivity contribution >= 4 is 23.3 Å². The SMILES string of the molecule is O=C(Nc1ccn(CCc2ccncc2)n1)c1cc(Cl)c2c(c1)OCO2. The number of rotatable bonds is 5. The van der Waals surface area contributed by atoms with E-state index in [0.717, 1.165) is 6.42 Å². The minimum Gasteiger partial charge on any atom is -0.454 e. The lowest BCUT2D eigenvalue weighted by atomic mass is 10.2. The van der Waals surface area contributed by atoms with Crippen LogP contribution in [0.2, 0.25) is 5.02 Å². The van der Waals surface area contributed by atoms with Gasteiger partial charge in [-0.15, -0.1) is 0 Å². The summed E-state index contributed by atoms with van der Waals surface area (Å²) in [6.07, 6.45) is 6.18. The van der Waals surface area contributed by atoms with Crippen LogP contribution in [0.1, 0.15) is 15.9 Å². The molecule has 0 saturated heterocycles. The quantitative estimate of drug-likeness (QED) is 0.746. The fraction of sp³-hybridized carbons (Fsp3) is 0.167. The molecular formula is C18H15ClN4O3. The Balaban J connectivity index is 1.41. The molecule has 0 atom stereocenters. The summed E-state index contributed by atoms with van der Waals surface area (Å²) in [5.41, 5.74) is 1.56. The molecule has 2 aromatic heterocycles. The molecule has 0 fully saturated rings. The summed E-state index contributed by atoms with van der Waals surface area (Å²) in [6, 6.07) is 8.83. The number of aromatic nitrogens is 3. The van der Waals surface area contributed by atoms with Gasteiger partial charge in [0.15, 0.2) is 17.3 Å². The molecule has 0 radical (unpaired) electrons. The van der Waals surface area contributed by atoms with Crippen LogP contribution in [0.15, 0.2) is 48.9 Å². The highest BCUT2D eigenvalue weighted by atomic mass is 35.5. The van der Waals surface area contributed by atoms with E-state index in [2.05, 4.69) is 15.4 Å². The minimum atomic E-state index is -0.315. The summed E-state index contributed by atoms with van der Waals surface area (Å²) in [6.45, 7) is 0.803. The maximum Gasteiger partial charge on any atom is 0.257 e. The first kappa shape index (κ1) is 16.4. The molecule has 0 spiro atoms. The van der Waals surface area contributed by atoms with E-state index in [4.69, 9.17) is 21.1 Å². The van der Waals surface area contributed by atoms with Crippen LogP contribution in [0.4, 0.5) is 5.82 Å². The lowest BCUT2D eigenvalue weighted by Gasteiger charge is -2.05. The van der Waals surface area contributed by atoms with Crippen molar-refractivity contribution in [2.75, 3.05) is 12.1 Å². The number of aryl methyl sites for hydroxylation is 2. The predicted octanol–water partition coefficient (Wildman–Crippen LogP) is 3.16. The van der Waals surface area contributed by atoms with Gasteiger partial charge in [-0.1, -0.05) is 11.6 Å². The van der Waals surface area contributed by atoms with E-state index >= 15 is 0 Å². The zero-order valence-electron chi connectivity index (χ0n) is 13.7. The van der Waals surface area contributed by atoms with E-state index < -0.39 is 0 Å². The Hall–Kier alpha value is -3.06. The average Bonchev–Trinajstić information content (AvgIpc) is 3.30. The third kappa shape index (κ3) is 3.48. The van der Waals surface area contributed by atoms with Crippen LogP contribution in [0, 0.1) is 0 Å². The number of hydrogen-bond acceptors (Lipinski definition) is 5. The highest BCUT2D eigenvalue weighted by Crippen LogP contribution is 2.39. The lowest BCUT2D eigenvalue weighted by Crippen LogP contribution is -2.13. The maximum atomic E-state index is 12.4. The van der Waals surface area contributed by atoms with Gasteiger partial charge in [-0.25, -0.2) is 0 Å². The van der Waals surface area contributed by atoms with Crippen LogP contribution in [-0.4, -0.2) is 27.5 Å². The first-order valence-electron chi connectivity index (χ1n) is 8.02. The van der Waals surface area contributed by atoms with Crippen molar-refractivity contribution in [3.63, 3.8) is 0 Å². The predicted molar refractivity (Wildman–Crippen MR) is 95.7 cm³/mol. The van der Waals surface area contributed by atoms with Crippen molar-refractivity contribution in [3.05, 3.63) is 65.1 Å². The maximum absolute atomic E-state index is 12.4. The second kappa shape index (κ2) is 7.05. The number of nitrogens with one attached hydrogen (secondary N) is 1. The normalized spacial score (nSPS) is 12.2. The van der Waals surface area contributed by atoms with Crippen molar-refractivity contribution in [1.82, 2.24) is 14.8 Å². The van der Waals surface area contributed by atoms with E-state index in [1.165, 1.54) is 5.56 Å². The smallest absolute Gasteiger partial charge is 0.257 e. The number of amides is 1.